The number of rotatable bonds is 11. The Morgan fingerprint density at radius 2 is 1.64 bits per heavy atom. The van der Waals surface area contributed by atoms with Crippen LogP contribution in [0.1, 0.15) is 49.0 Å². The van der Waals surface area contributed by atoms with E-state index < -0.39 is 109 Å². The highest BCUT2D eigenvalue weighted by Gasteiger charge is 2.50. The number of hydrogen-bond donors (Lipinski definition) is 10. The van der Waals surface area contributed by atoms with Crippen LogP contribution in [0.15, 0.2) is 17.1 Å². The van der Waals surface area contributed by atoms with E-state index in [1.807, 2.05) is 11.8 Å². The second kappa shape index (κ2) is 17.5. The lowest BCUT2D eigenvalue weighted by Gasteiger charge is -2.47. The second-order valence-electron chi connectivity index (χ2n) is 16.1. The predicted molar refractivity (Wildman–Crippen MR) is 204 cm³/mol. The Hall–Kier alpha value is -3.13. The fraction of sp³-hybridized carbons (Fsp3) is 0.730. The average Bonchev–Trinajstić information content (AvgIpc) is 4.04. The molecule has 3 saturated heterocycles. The quantitative estimate of drug-likeness (QED) is 0.0971. The van der Waals surface area contributed by atoms with Gasteiger partial charge in [0.15, 0.2) is 24.1 Å². The van der Waals surface area contributed by atoms with Crippen LogP contribution in [0, 0.1) is 5.82 Å². The van der Waals surface area contributed by atoms with Gasteiger partial charge in [0.1, 0.15) is 54.5 Å². The fourth-order valence-corrected chi connectivity index (χ4v) is 8.50. The minimum absolute atomic E-state index is 0.00327. The van der Waals surface area contributed by atoms with E-state index in [2.05, 4.69) is 5.32 Å². The number of pyridine rings is 1. The summed E-state index contributed by atoms with van der Waals surface area (Å²) >= 11 is 0. The molecule has 0 amide bonds. The molecular formula is C37H57FN8O12. The zero-order chi connectivity index (χ0) is 41.7. The first-order chi connectivity index (χ1) is 27.6. The number of hydrogen-bond acceptors (Lipinski definition) is 19. The zero-order valence-electron chi connectivity index (χ0n) is 32.5. The highest BCUT2D eigenvalue weighted by molar-refractivity contribution is 5.97. The van der Waals surface area contributed by atoms with Crippen molar-refractivity contribution in [3.8, 4) is 5.75 Å². The van der Waals surface area contributed by atoms with E-state index in [1.165, 1.54) is 13.3 Å². The number of halogens is 1. The van der Waals surface area contributed by atoms with E-state index in [1.54, 1.807) is 4.57 Å². The molecule has 0 spiro atoms. The molecule has 15 atom stereocenters. The molecule has 4 heterocycles. The van der Waals surface area contributed by atoms with E-state index in [-0.39, 0.29) is 53.9 Å². The number of anilines is 1. The third kappa shape index (κ3) is 8.31. The van der Waals surface area contributed by atoms with E-state index in [9.17, 15) is 30.0 Å². The van der Waals surface area contributed by atoms with Crippen LogP contribution in [0.5, 0.6) is 5.75 Å². The molecule has 2 aliphatic carbocycles. The third-order valence-electron chi connectivity index (χ3n) is 11.9. The molecule has 5 aliphatic rings. The first kappa shape index (κ1) is 43.0. The second-order valence-corrected chi connectivity index (χ2v) is 16.1. The topological polar surface area (TPSA) is 321 Å². The van der Waals surface area contributed by atoms with Gasteiger partial charge in [-0.2, -0.15) is 0 Å². The number of esters is 1. The maximum Gasteiger partial charge on any atom is 0.343 e. The summed E-state index contributed by atoms with van der Waals surface area (Å²) in [5.41, 5.74) is 30.2. The Morgan fingerprint density at radius 1 is 0.966 bits per heavy atom. The maximum atomic E-state index is 15.9. The highest BCUT2D eigenvalue weighted by atomic mass is 19.1. The van der Waals surface area contributed by atoms with Gasteiger partial charge < -0.3 is 92.3 Å². The Labute approximate surface area is 333 Å². The fourth-order valence-electron chi connectivity index (χ4n) is 8.50. The van der Waals surface area contributed by atoms with Gasteiger partial charge in [0.05, 0.1) is 42.3 Å². The van der Waals surface area contributed by atoms with Gasteiger partial charge in [-0.05, 0) is 38.7 Å². The normalized spacial score (nSPS) is 38.5. The smallest absolute Gasteiger partial charge is 0.343 e. The Morgan fingerprint density at radius 3 is 2.28 bits per heavy atom. The number of fused-ring (bicyclic) bond motifs is 1. The van der Waals surface area contributed by atoms with Crippen LogP contribution < -0.4 is 49.1 Å². The van der Waals surface area contributed by atoms with Crippen LogP contribution in [0.2, 0.25) is 0 Å². The number of aliphatic hydroxyl groups excluding tert-OH is 4. The molecule has 1 unspecified atom stereocenters. The van der Waals surface area contributed by atoms with Crippen LogP contribution in [0.3, 0.4) is 0 Å². The summed E-state index contributed by atoms with van der Waals surface area (Å²) in [4.78, 5) is 29.4. The number of nitrogens with one attached hydrogen (secondary N) is 1. The highest BCUT2D eigenvalue weighted by Crippen LogP contribution is 2.44. The minimum Gasteiger partial charge on any atom is -0.492 e. The van der Waals surface area contributed by atoms with Gasteiger partial charge in [0.2, 0.25) is 5.43 Å². The number of nitrogens with two attached hydrogens (primary N) is 5. The molecule has 0 bridgehead atoms. The van der Waals surface area contributed by atoms with Crippen LogP contribution in [-0.4, -0.2) is 162 Å². The number of methoxy groups -OCH3 is 1. The van der Waals surface area contributed by atoms with Crippen LogP contribution in [0.4, 0.5) is 10.1 Å². The van der Waals surface area contributed by atoms with E-state index in [0.29, 0.717) is 25.2 Å². The van der Waals surface area contributed by atoms with Gasteiger partial charge >= 0.3 is 5.97 Å². The van der Waals surface area contributed by atoms with E-state index in [4.69, 9.17) is 57.1 Å². The minimum atomic E-state index is -1.64. The van der Waals surface area contributed by atoms with Crippen molar-refractivity contribution in [2.24, 2.45) is 28.7 Å². The van der Waals surface area contributed by atoms with Crippen molar-refractivity contribution in [3.63, 3.8) is 0 Å². The largest absolute Gasteiger partial charge is 0.492 e. The summed E-state index contributed by atoms with van der Waals surface area (Å²) in [6.07, 6.45) is -9.69. The number of carbonyl (C=O) groups is 1. The molecule has 2 saturated carbocycles. The van der Waals surface area contributed by atoms with Crippen molar-refractivity contribution in [2.45, 2.75) is 130 Å². The molecule has 2 aromatic rings. The molecule has 3 aliphatic heterocycles. The number of piperazine rings is 1. The molecular weight excluding hydrogens is 767 g/mol. The predicted octanol–water partition coefficient (Wildman–Crippen LogP) is -3.84. The van der Waals surface area contributed by atoms with Crippen molar-refractivity contribution in [1.82, 2.24) is 9.88 Å². The molecule has 20 nitrogen and oxygen atoms in total. The average molecular weight is 825 g/mol. The van der Waals surface area contributed by atoms with Crippen molar-refractivity contribution in [1.29, 1.82) is 0 Å². The summed E-state index contributed by atoms with van der Waals surface area (Å²) in [6.45, 7) is 3.02. The van der Waals surface area contributed by atoms with Crippen LogP contribution in [0.25, 0.3) is 10.9 Å². The summed E-state index contributed by atoms with van der Waals surface area (Å²) < 4.78 is 52.6. The van der Waals surface area contributed by atoms with Gasteiger partial charge in [0, 0.05) is 56.5 Å². The first-order valence-electron chi connectivity index (χ1n) is 19.8. The lowest BCUT2D eigenvalue weighted by molar-refractivity contribution is -0.314. The summed E-state index contributed by atoms with van der Waals surface area (Å²) in [5.74, 6) is -1.55. The Bertz CT molecular complexity index is 1860. The number of nitrogens with zero attached hydrogens (tertiary/aromatic N) is 2. The molecule has 58 heavy (non-hydrogen) atoms. The van der Waals surface area contributed by atoms with Crippen LogP contribution >= 0.6 is 0 Å². The van der Waals surface area contributed by atoms with Gasteiger partial charge in [-0.25, -0.2) is 9.18 Å². The number of carbonyl (C=O) groups excluding carboxylic acids is 1. The molecule has 7 rings (SSSR count). The lowest BCUT2D eigenvalue weighted by Crippen LogP contribution is -2.68. The van der Waals surface area contributed by atoms with Gasteiger partial charge in [-0.3, -0.25) is 4.79 Å². The van der Waals surface area contributed by atoms with Crippen molar-refractivity contribution < 1.29 is 58.0 Å². The monoisotopic (exact) mass is 824 g/mol. The third-order valence-corrected chi connectivity index (χ3v) is 11.9. The molecule has 0 radical (unpaired) electrons. The summed E-state index contributed by atoms with van der Waals surface area (Å²) in [6, 6.07) is -2.69. The van der Waals surface area contributed by atoms with Crippen molar-refractivity contribution in [3.05, 3.63) is 33.9 Å². The summed E-state index contributed by atoms with van der Waals surface area (Å²) in [5, 5.41) is 46.9. The van der Waals surface area contributed by atoms with Gasteiger partial charge in [0.25, 0.3) is 0 Å². The lowest BCUT2D eigenvalue weighted by atomic mass is 9.84. The molecule has 324 valence electrons. The number of benzene rings is 1. The SMILES string of the molecule is COc1c(N2CCNC(C)C2)c(F)cc2c(=O)c(C(=O)OC[C@H]3O[C@H](O[C@@H]4[C@@H](O)[C@H](O[C@H]5O[C@H](CN)[C@@H](O)C[C@H]5N)[C@@H](N)C[C@H]4N)[C@H](O)[C@@H](N)[C@@H]3O)cn(C3CC3)c12. The summed E-state index contributed by atoms with van der Waals surface area (Å²) in [7, 11) is 1.41. The number of ether oxygens (including phenoxy) is 6. The van der Waals surface area contributed by atoms with Crippen molar-refractivity contribution in [2.75, 3.05) is 44.8 Å². The van der Waals surface area contributed by atoms with Gasteiger partial charge in [-0.15, -0.1) is 0 Å². The molecule has 1 aromatic carbocycles. The Balaban J connectivity index is 1.07. The van der Waals surface area contributed by atoms with E-state index >= 15 is 4.39 Å². The molecule has 15 N–H and O–H groups in total. The van der Waals surface area contributed by atoms with Gasteiger partial charge in [-0.1, -0.05) is 0 Å². The van der Waals surface area contributed by atoms with Crippen molar-refractivity contribution >= 4 is 22.6 Å². The molecule has 5 fully saturated rings. The Kier molecular flexibility index (Phi) is 12.9. The number of aromatic nitrogens is 1. The molecule has 21 heteroatoms. The number of aliphatic hydroxyl groups is 4. The standard InChI is InChI=1S/C37H57FN8O12/c1-14-11-45(6-5-44-14)27-18(38)7-16-26(34(27)53-2)46(15-3-4-15)12-17(28(16)48)35(52)54-13-24-29(49)25(43)30(50)37(56-24)58-33-20(41)8-19(40)32(31(33)51)57-36-21(42)9-22(47)23(10-39)55-36/h7,12,14-15,19-25,29-33,36-37,44,47,49-51H,3-6,8-11,13,39-43H2,1-2H3/t14?,19-,20+,21+,22-,23+,24+,25-,29+,30+,31-,32+,33-,36+,37+/m0/s1. The van der Waals surface area contributed by atoms with E-state index in [0.717, 1.165) is 18.9 Å². The zero-order valence-corrected chi connectivity index (χ0v) is 32.5. The van der Waals surface area contributed by atoms with Crippen LogP contribution in [-0.2, 0) is 23.7 Å². The molecule has 1 aromatic heterocycles. The maximum absolute atomic E-state index is 15.9. The first-order valence-corrected chi connectivity index (χ1v) is 19.8.